The van der Waals surface area contributed by atoms with Crippen molar-refractivity contribution in [3.63, 3.8) is 0 Å². The van der Waals surface area contributed by atoms with Crippen LogP contribution in [0.4, 0.5) is 0 Å². The molecule has 0 nitrogen and oxygen atoms in total. The molecule has 4 aromatic carbocycles. The second-order valence-corrected chi connectivity index (χ2v) is 22.8. The molecule has 0 saturated heterocycles. The van der Waals surface area contributed by atoms with Crippen LogP contribution in [0.2, 0.25) is 0 Å². The Hall–Kier alpha value is -2.83. The van der Waals surface area contributed by atoms with Crippen LogP contribution in [0.15, 0.2) is 113 Å². The van der Waals surface area contributed by atoms with E-state index in [1.165, 1.54) is 61.2 Å². The van der Waals surface area contributed by atoms with E-state index < -0.39 is 21.3 Å². The van der Waals surface area contributed by atoms with Crippen molar-refractivity contribution >= 4 is 18.6 Å². The van der Waals surface area contributed by atoms with Crippen LogP contribution < -0.4 is 28.1 Å². The SMILES string of the molecule is C=Cc1ccc2c(c1)-c1cc(C=C)c[c]([Zr+2]([C]3=CC(C(C)(C)C)=CC3)=[C](c3ccc(C(C)(C)C)cc3)c3ccc(C(C)(C)C)cc3)c1C2.[Cl-].[Cl-]. The molecule has 0 unspecified atom stereocenters. The molecule has 0 amide bonds. The quantitative estimate of drug-likeness (QED) is 0.201. The Morgan fingerprint density at radius 1 is 0.620 bits per heavy atom. The molecule has 0 atom stereocenters. The van der Waals surface area contributed by atoms with E-state index in [1.807, 2.05) is 6.08 Å². The maximum Gasteiger partial charge on any atom is -1.00 e. The molecule has 0 heterocycles. The van der Waals surface area contributed by atoms with Gasteiger partial charge in [0.15, 0.2) is 0 Å². The fourth-order valence-corrected chi connectivity index (χ4v) is 15.3. The second-order valence-electron chi connectivity index (χ2n) is 16.8. The number of hydrogen-bond donors (Lipinski definition) is 0. The number of benzene rings is 4. The molecule has 2 aliphatic rings. The van der Waals surface area contributed by atoms with Gasteiger partial charge in [-0.2, -0.15) is 0 Å². The van der Waals surface area contributed by atoms with Crippen LogP contribution in [-0.2, 0) is 38.5 Å². The minimum atomic E-state index is -2.89. The van der Waals surface area contributed by atoms with Crippen molar-refractivity contribution in [3.8, 4) is 11.1 Å². The Kier molecular flexibility index (Phi) is 12.0. The molecule has 0 spiro atoms. The fourth-order valence-electron chi connectivity index (χ4n) is 7.20. The summed E-state index contributed by atoms with van der Waals surface area (Å²) in [6, 6.07) is 31.0. The summed E-state index contributed by atoms with van der Waals surface area (Å²) in [4.78, 5) is 0. The third-order valence-electron chi connectivity index (χ3n) is 10.2. The summed E-state index contributed by atoms with van der Waals surface area (Å²) >= 11 is -2.89. The van der Waals surface area contributed by atoms with E-state index in [9.17, 15) is 0 Å². The minimum Gasteiger partial charge on any atom is -1.00 e. The smallest absolute Gasteiger partial charge is 1.00 e. The topological polar surface area (TPSA) is 0 Å². The molecule has 4 aromatic rings. The predicted molar refractivity (Wildman–Crippen MR) is 208 cm³/mol. The first-order valence-corrected chi connectivity index (χ1v) is 21.2. The van der Waals surface area contributed by atoms with E-state index in [0.29, 0.717) is 0 Å². The molecule has 0 aliphatic heterocycles. The molecule has 0 fully saturated rings. The van der Waals surface area contributed by atoms with Gasteiger partial charge in [0, 0.05) is 0 Å². The van der Waals surface area contributed by atoms with E-state index in [-0.39, 0.29) is 41.1 Å². The Morgan fingerprint density at radius 3 is 1.60 bits per heavy atom. The molecule has 6 rings (SSSR count). The monoisotopic (exact) mass is 776 g/mol. The standard InChI is InChI=1S/C21H26.C17H13.C9H13.2ClH.Zr/c1-20(2,3)18-11-7-16(8-12-18)15-17-9-13-19(14-10-17)21(4,5)6;1-3-12-5-7-14-11-15-8-6-13(4-2)10-17(15)16(14)9-12;1-9(2,3)8-6-4-5-7-8;;;/h7-14H,1-6H3;3-7,9-10H,1-2,11H2;6-7H,4H2,1-3H3;2*1H;/q;;;;;+2/p-2. The number of hydrogen-bond acceptors (Lipinski definition) is 0. The van der Waals surface area contributed by atoms with Crippen LogP contribution >= 0.6 is 0 Å². The van der Waals surface area contributed by atoms with Gasteiger partial charge in [0.1, 0.15) is 0 Å². The van der Waals surface area contributed by atoms with Crippen LogP contribution in [-0.4, -0.2) is 3.21 Å². The summed E-state index contributed by atoms with van der Waals surface area (Å²) in [5.41, 5.74) is 15.3. The summed E-state index contributed by atoms with van der Waals surface area (Å²) < 4.78 is 4.81. The second kappa shape index (κ2) is 15.0. The molecule has 0 N–H and O–H groups in total. The molecular weight excluding hydrogens is 727 g/mol. The normalized spacial score (nSPS) is 13.4. The molecule has 0 saturated carbocycles. The van der Waals surface area contributed by atoms with Gasteiger partial charge < -0.3 is 24.8 Å². The van der Waals surface area contributed by atoms with Crippen molar-refractivity contribution in [1.29, 1.82) is 0 Å². The van der Waals surface area contributed by atoms with E-state index in [2.05, 4.69) is 173 Å². The number of rotatable bonds is 6. The van der Waals surface area contributed by atoms with E-state index in [0.717, 1.165) is 12.8 Å². The average molecular weight is 779 g/mol. The van der Waals surface area contributed by atoms with Gasteiger partial charge in [0.25, 0.3) is 0 Å². The number of allylic oxidation sites excluding steroid dienone is 4. The van der Waals surface area contributed by atoms with Gasteiger partial charge >= 0.3 is 300 Å². The van der Waals surface area contributed by atoms with Gasteiger partial charge in [-0.1, -0.05) is 0 Å². The molecule has 0 bridgehead atoms. The van der Waals surface area contributed by atoms with Crippen molar-refractivity contribution in [1.82, 2.24) is 0 Å². The molecule has 258 valence electrons. The third kappa shape index (κ3) is 7.97. The van der Waals surface area contributed by atoms with Crippen LogP contribution in [0, 0.1) is 5.41 Å². The zero-order valence-electron chi connectivity index (χ0n) is 31.4. The summed E-state index contributed by atoms with van der Waals surface area (Å²) in [7, 11) is 0. The number of halogens is 2. The zero-order chi connectivity index (χ0) is 34.6. The predicted octanol–water partition coefficient (Wildman–Crippen LogP) is 5.92. The maximum absolute atomic E-state index is 4.29. The molecule has 0 aromatic heterocycles. The Bertz CT molecular complexity index is 1950. The zero-order valence-corrected chi connectivity index (χ0v) is 35.4. The summed E-state index contributed by atoms with van der Waals surface area (Å²) in [5, 5.41) is 0. The van der Waals surface area contributed by atoms with Crippen molar-refractivity contribution in [3.05, 3.63) is 158 Å². The summed E-state index contributed by atoms with van der Waals surface area (Å²) in [5.74, 6) is 0. The van der Waals surface area contributed by atoms with Crippen LogP contribution in [0.25, 0.3) is 23.3 Å². The Balaban J connectivity index is 0.00000281. The molecule has 50 heavy (non-hydrogen) atoms. The largest absolute Gasteiger partial charge is 1.00 e. The van der Waals surface area contributed by atoms with Gasteiger partial charge in [-0.3, -0.25) is 0 Å². The molecule has 2 aliphatic carbocycles. The van der Waals surface area contributed by atoms with Gasteiger partial charge in [0.05, 0.1) is 0 Å². The Labute approximate surface area is 322 Å². The first kappa shape index (κ1) is 40.0. The van der Waals surface area contributed by atoms with Crippen molar-refractivity contribution < 1.29 is 46.1 Å². The maximum atomic E-state index is 4.29. The molecular formula is C47H52Cl2Zr. The van der Waals surface area contributed by atoms with Crippen molar-refractivity contribution in [2.75, 3.05) is 0 Å². The van der Waals surface area contributed by atoms with Crippen LogP contribution in [0.5, 0.6) is 0 Å². The third-order valence-corrected chi connectivity index (χ3v) is 17.7. The van der Waals surface area contributed by atoms with Crippen molar-refractivity contribution in [2.45, 2.75) is 86.0 Å². The molecule has 0 radical (unpaired) electrons. The number of fused-ring (bicyclic) bond motifs is 3. The minimum absolute atomic E-state index is 0. The summed E-state index contributed by atoms with van der Waals surface area (Å²) in [6.07, 6.45) is 11.2. The van der Waals surface area contributed by atoms with Gasteiger partial charge in [-0.05, 0) is 0 Å². The van der Waals surface area contributed by atoms with Gasteiger partial charge in [0.2, 0.25) is 0 Å². The molecule has 3 heteroatoms. The first-order chi connectivity index (χ1) is 22.6. The summed E-state index contributed by atoms with van der Waals surface area (Å²) in [6.45, 7) is 29.3. The fraction of sp³-hybridized carbons (Fsp3) is 0.298. The van der Waals surface area contributed by atoms with Gasteiger partial charge in [-0.25, -0.2) is 0 Å². The van der Waals surface area contributed by atoms with E-state index in [4.69, 9.17) is 0 Å². The van der Waals surface area contributed by atoms with Gasteiger partial charge in [-0.15, -0.1) is 0 Å². The first-order valence-electron chi connectivity index (χ1n) is 17.5. The van der Waals surface area contributed by atoms with Crippen LogP contribution in [0.3, 0.4) is 0 Å². The van der Waals surface area contributed by atoms with E-state index >= 15 is 0 Å². The van der Waals surface area contributed by atoms with Crippen molar-refractivity contribution in [2.24, 2.45) is 5.41 Å². The average Bonchev–Trinajstić information content (AvgIpc) is 3.68. The van der Waals surface area contributed by atoms with E-state index in [1.54, 1.807) is 9.76 Å². The Morgan fingerprint density at radius 2 is 1.14 bits per heavy atom. The van der Waals surface area contributed by atoms with Crippen LogP contribution in [0.1, 0.15) is 113 Å².